The van der Waals surface area contributed by atoms with Crippen LogP contribution in [0.5, 0.6) is 5.75 Å². The second-order valence-electron chi connectivity index (χ2n) is 6.10. The van der Waals surface area contributed by atoms with Gasteiger partial charge in [0.1, 0.15) is 16.3 Å². The third-order valence-electron chi connectivity index (χ3n) is 3.96. The lowest BCUT2D eigenvalue weighted by molar-refractivity contribution is -0.387. The molecule has 0 radical (unpaired) electrons. The summed E-state index contributed by atoms with van der Waals surface area (Å²) in [5.41, 5.74) is -0.739. The number of phenols is 1. The van der Waals surface area contributed by atoms with E-state index in [9.17, 15) is 28.4 Å². The number of nitrogens with zero attached hydrogens (tertiary/aromatic N) is 4. The Morgan fingerprint density at radius 1 is 1.17 bits per heavy atom. The van der Waals surface area contributed by atoms with Crippen molar-refractivity contribution in [3.8, 4) is 11.4 Å². The highest BCUT2D eigenvalue weighted by Gasteiger charge is 2.25. The molecule has 11 nitrogen and oxygen atoms in total. The molecule has 2 aromatic carbocycles. The van der Waals surface area contributed by atoms with Gasteiger partial charge in [-0.2, -0.15) is 0 Å². The average Bonchev–Trinajstić information content (AvgIpc) is 2.94. The summed E-state index contributed by atoms with van der Waals surface area (Å²) in [5, 5.41) is 31.4. The van der Waals surface area contributed by atoms with Gasteiger partial charge in [-0.15, -0.1) is 10.2 Å². The molecule has 3 rings (SSSR count). The highest BCUT2D eigenvalue weighted by molar-refractivity contribution is 7.90. The summed E-state index contributed by atoms with van der Waals surface area (Å²) in [5.74, 6) is -0.649. The molecular formula is C17H15N5O6S. The Balaban J connectivity index is 2.09. The molecule has 1 heterocycles. The summed E-state index contributed by atoms with van der Waals surface area (Å²) in [6.45, 7) is 1.59. The van der Waals surface area contributed by atoms with E-state index in [2.05, 4.69) is 15.3 Å². The van der Waals surface area contributed by atoms with Crippen molar-refractivity contribution in [2.45, 2.75) is 11.8 Å². The molecule has 2 N–H and O–H groups in total. The summed E-state index contributed by atoms with van der Waals surface area (Å²) < 4.78 is 24.9. The topological polar surface area (TPSA) is 160 Å². The van der Waals surface area contributed by atoms with Crippen LogP contribution in [-0.2, 0) is 9.84 Å². The molecule has 0 unspecified atom stereocenters. The van der Waals surface area contributed by atoms with Crippen molar-refractivity contribution in [2.75, 3.05) is 6.26 Å². The molecule has 29 heavy (non-hydrogen) atoms. The zero-order valence-electron chi connectivity index (χ0n) is 15.2. The molecule has 12 heteroatoms. The number of aromatic nitrogens is 2. The van der Waals surface area contributed by atoms with Crippen LogP contribution in [0.15, 0.2) is 62.4 Å². The number of benzene rings is 2. The number of aryl methyl sites for hydroxylation is 1. The summed E-state index contributed by atoms with van der Waals surface area (Å²) in [6, 6.07) is 10.2. The van der Waals surface area contributed by atoms with E-state index in [-0.39, 0.29) is 11.4 Å². The lowest BCUT2D eigenvalue weighted by Crippen LogP contribution is -2.13. The Morgan fingerprint density at radius 2 is 1.83 bits per heavy atom. The Kier molecular flexibility index (Phi) is 5.03. The summed E-state index contributed by atoms with van der Waals surface area (Å²) >= 11 is 0. The smallest absolute Gasteiger partial charge is 0.299 e. The fourth-order valence-corrected chi connectivity index (χ4v) is 3.42. The van der Waals surface area contributed by atoms with Crippen LogP contribution in [0.25, 0.3) is 5.69 Å². The number of aromatic hydroxyl groups is 1. The summed E-state index contributed by atoms with van der Waals surface area (Å²) in [4.78, 5) is 22.1. The predicted molar refractivity (Wildman–Crippen MR) is 103 cm³/mol. The number of nitro groups is 1. The molecule has 0 bridgehead atoms. The van der Waals surface area contributed by atoms with Gasteiger partial charge in [-0.25, -0.2) is 13.1 Å². The van der Waals surface area contributed by atoms with Gasteiger partial charge in [0.25, 0.3) is 11.2 Å². The van der Waals surface area contributed by atoms with Gasteiger partial charge in [0.2, 0.25) is 0 Å². The van der Waals surface area contributed by atoms with Gasteiger partial charge in [-0.05, 0) is 25.1 Å². The first-order chi connectivity index (χ1) is 13.6. The van der Waals surface area contributed by atoms with Crippen LogP contribution in [0.2, 0.25) is 0 Å². The first-order valence-electron chi connectivity index (χ1n) is 8.10. The van der Waals surface area contributed by atoms with Gasteiger partial charge < -0.3 is 5.11 Å². The van der Waals surface area contributed by atoms with Crippen LogP contribution in [0.3, 0.4) is 0 Å². The average molecular weight is 417 g/mol. The standard InChI is InChI=1S/C17H15N5O6S/c1-10-16(17(24)21(20-10)11-6-4-3-5-7-11)19-18-12-8-15(29(2,27)28)13(22(25)26)9-14(12)23/h3-9,20,23H,1-2H3/b19-18+. The zero-order chi connectivity index (χ0) is 21.3. The molecular weight excluding hydrogens is 402 g/mol. The molecule has 0 atom stereocenters. The first kappa shape index (κ1) is 19.9. The van der Waals surface area contributed by atoms with Crippen molar-refractivity contribution >= 4 is 26.9 Å². The highest BCUT2D eigenvalue weighted by Crippen LogP contribution is 2.37. The first-order valence-corrected chi connectivity index (χ1v) is 9.99. The van der Waals surface area contributed by atoms with Crippen LogP contribution >= 0.6 is 0 Å². The molecule has 0 spiro atoms. The van der Waals surface area contributed by atoms with Crippen LogP contribution < -0.4 is 5.56 Å². The summed E-state index contributed by atoms with van der Waals surface area (Å²) in [6.07, 6.45) is 0.794. The lowest BCUT2D eigenvalue weighted by Gasteiger charge is -2.03. The number of phenolic OH excluding ortho intramolecular Hbond substituents is 1. The minimum Gasteiger partial charge on any atom is -0.505 e. The number of rotatable bonds is 5. The fraction of sp³-hybridized carbons (Fsp3) is 0.118. The maximum atomic E-state index is 12.6. The summed E-state index contributed by atoms with van der Waals surface area (Å²) in [7, 11) is -3.98. The second kappa shape index (κ2) is 7.31. The molecule has 3 aromatic rings. The molecule has 0 saturated heterocycles. The van der Waals surface area contributed by atoms with Crippen LogP contribution in [0, 0.1) is 17.0 Å². The van der Waals surface area contributed by atoms with Crippen molar-refractivity contribution in [1.82, 2.24) is 9.78 Å². The predicted octanol–water partition coefficient (Wildman–Crippen LogP) is 2.91. The van der Waals surface area contributed by atoms with E-state index >= 15 is 0 Å². The molecule has 0 amide bonds. The molecule has 0 aliphatic rings. The van der Waals surface area contributed by atoms with Gasteiger partial charge in [0, 0.05) is 6.26 Å². The number of aromatic amines is 1. The SMILES string of the molecule is Cc1[nH]n(-c2ccccc2)c(=O)c1/N=N/c1cc(S(C)(=O)=O)c([N+](=O)[O-])cc1O. The van der Waals surface area contributed by atoms with Crippen molar-refractivity contribution in [1.29, 1.82) is 0 Å². The minimum absolute atomic E-state index is 0.0625. The van der Waals surface area contributed by atoms with E-state index in [1.807, 2.05) is 0 Å². The van der Waals surface area contributed by atoms with E-state index < -0.39 is 36.7 Å². The van der Waals surface area contributed by atoms with Crippen LogP contribution in [0.1, 0.15) is 5.69 Å². The van der Waals surface area contributed by atoms with E-state index in [1.165, 1.54) is 4.68 Å². The monoisotopic (exact) mass is 417 g/mol. The van der Waals surface area contributed by atoms with Crippen molar-refractivity contribution < 1.29 is 18.4 Å². The maximum absolute atomic E-state index is 12.6. The van der Waals surface area contributed by atoms with Gasteiger partial charge >= 0.3 is 0 Å². The van der Waals surface area contributed by atoms with E-state index in [4.69, 9.17) is 0 Å². The quantitative estimate of drug-likeness (QED) is 0.369. The number of para-hydroxylation sites is 1. The van der Waals surface area contributed by atoms with Crippen LogP contribution in [0.4, 0.5) is 17.1 Å². The zero-order valence-corrected chi connectivity index (χ0v) is 16.0. The number of H-pyrrole nitrogens is 1. The van der Waals surface area contributed by atoms with Gasteiger partial charge in [-0.1, -0.05) is 18.2 Å². The fourth-order valence-electron chi connectivity index (χ4n) is 2.58. The number of hydrogen-bond acceptors (Lipinski definition) is 8. The minimum atomic E-state index is -3.98. The number of nitrogens with one attached hydrogen (secondary N) is 1. The molecule has 150 valence electrons. The van der Waals surface area contributed by atoms with E-state index in [0.29, 0.717) is 17.4 Å². The number of azo groups is 1. The second-order valence-corrected chi connectivity index (χ2v) is 8.08. The van der Waals surface area contributed by atoms with Crippen molar-refractivity contribution in [3.63, 3.8) is 0 Å². The molecule has 1 aromatic heterocycles. The Hall–Kier alpha value is -3.80. The number of sulfone groups is 1. The van der Waals surface area contributed by atoms with Crippen molar-refractivity contribution in [3.05, 3.63) is 68.6 Å². The van der Waals surface area contributed by atoms with Gasteiger partial charge in [0.15, 0.2) is 15.5 Å². The number of hydrogen-bond donors (Lipinski definition) is 2. The highest BCUT2D eigenvalue weighted by atomic mass is 32.2. The largest absolute Gasteiger partial charge is 0.505 e. The molecule has 0 saturated carbocycles. The van der Waals surface area contributed by atoms with Gasteiger partial charge in [0.05, 0.1) is 22.4 Å². The third-order valence-corrected chi connectivity index (χ3v) is 5.09. The lowest BCUT2D eigenvalue weighted by atomic mass is 10.2. The maximum Gasteiger partial charge on any atom is 0.299 e. The normalized spacial score (nSPS) is 11.8. The van der Waals surface area contributed by atoms with Crippen LogP contribution in [-0.4, -0.2) is 34.5 Å². The Labute approximate surface area is 164 Å². The van der Waals surface area contributed by atoms with E-state index in [0.717, 1.165) is 12.3 Å². The van der Waals surface area contributed by atoms with E-state index in [1.54, 1.807) is 37.3 Å². The van der Waals surface area contributed by atoms with Crippen molar-refractivity contribution in [2.24, 2.45) is 10.2 Å². The Morgan fingerprint density at radius 3 is 2.41 bits per heavy atom. The third kappa shape index (κ3) is 3.91. The molecule has 0 fully saturated rings. The van der Waals surface area contributed by atoms with Gasteiger partial charge in [-0.3, -0.25) is 20.0 Å². The Bertz CT molecular complexity index is 1290. The number of nitro benzene ring substituents is 1. The molecule has 0 aliphatic carbocycles. The molecule has 0 aliphatic heterocycles.